The lowest BCUT2D eigenvalue weighted by Crippen LogP contribution is -2.34. The lowest BCUT2D eigenvalue weighted by molar-refractivity contribution is -0.121. The van der Waals surface area contributed by atoms with Crippen molar-refractivity contribution in [2.75, 3.05) is 26.2 Å². The third kappa shape index (κ3) is 7.67. The van der Waals surface area contributed by atoms with Crippen LogP contribution in [-0.2, 0) is 9.53 Å². The van der Waals surface area contributed by atoms with E-state index >= 15 is 0 Å². The van der Waals surface area contributed by atoms with E-state index in [0.29, 0.717) is 25.7 Å². The predicted molar refractivity (Wildman–Crippen MR) is 73.6 cm³/mol. The molecule has 0 radical (unpaired) electrons. The molecule has 1 amide bonds. The monoisotopic (exact) mass is 256 g/mol. The second-order valence-corrected chi connectivity index (χ2v) is 4.98. The Balaban J connectivity index is 1.88. The summed E-state index contributed by atoms with van der Waals surface area (Å²) in [6.45, 7) is 5.57. The van der Waals surface area contributed by atoms with Gasteiger partial charge in [0, 0.05) is 13.0 Å². The summed E-state index contributed by atoms with van der Waals surface area (Å²) in [5, 5.41) is 6.23. The fourth-order valence-electron chi connectivity index (χ4n) is 2.18. The van der Waals surface area contributed by atoms with Crippen LogP contribution in [0.15, 0.2) is 0 Å². The number of rotatable bonds is 9. The van der Waals surface area contributed by atoms with Gasteiger partial charge in [-0.2, -0.15) is 0 Å². The zero-order chi connectivity index (χ0) is 13.1. The van der Waals surface area contributed by atoms with Crippen molar-refractivity contribution in [2.24, 2.45) is 0 Å². The highest BCUT2D eigenvalue weighted by Gasteiger charge is 2.12. The molecule has 0 aromatic carbocycles. The zero-order valence-corrected chi connectivity index (χ0v) is 11.7. The SMILES string of the molecule is CCCCCCC(=O)NCCOC1CCNCC1. The van der Waals surface area contributed by atoms with E-state index in [0.717, 1.165) is 38.8 Å². The quantitative estimate of drug-likeness (QED) is 0.619. The van der Waals surface area contributed by atoms with Gasteiger partial charge < -0.3 is 15.4 Å². The number of nitrogens with one attached hydrogen (secondary N) is 2. The molecule has 18 heavy (non-hydrogen) atoms. The normalized spacial score (nSPS) is 16.7. The molecule has 4 nitrogen and oxygen atoms in total. The molecular weight excluding hydrogens is 228 g/mol. The number of hydrogen-bond acceptors (Lipinski definition) is 3. The third-order valence-corrected chi connectivity index (χ3v) is 3.32. The van der Waals surface area contributed by atoms with Crippen LogP contribution in [0.5, 0.6) is 0 Å². The maximum Gasteiger partial charge on any atom is 0.220 e. The van der Waals surface area contributed by atoms with E-state index in [2.05, 4.69) is 17.6 Å². The van der Waals surface area contributed by atoms with Crippen molar-refractivity contribution in [3.63, 3.8) is 0 Å². The van der Waals surface area contributed by atoms with E-state index in [9.17, 15) is 4.79 Å². The molecule has 1 aliphatic rings. The summed E-state index contributed by atoms with van der Waals surface area (Å²) in [5.41, 5.74) is 0. The second kappa shape index (κ2) is 10.3. The summed E-state index contributed by atoms with van der Waals surface area (Å²) in [5.74, 6) is 0.167. The molecule has 4 heteroatoms. The Morgan fingerprint density at radius 2 is 2.06 bits per heavy atom. The van der Waals surface area contributed by atoms with E-state index in [4.69, 9.17) is 4.74 Å². The molecule has 0 aliphatic carbocycles. The standard InChI is InChI=1S/C14H28N2O2/c1-2-3-4-5-6-14(17)16-11-12-18-13-7-9-15-10-8-13/h13,15H,2-12H2,1H3,(H,16,17). The average Bonchev–Trinajstić information content (AvgIpc) is 2.41. The molecule has 0 bridgehead atoms. The van der Waals surface area contributed by atoms with Crippen molar-refractivity contribution in [3.05, 3.63) is 0 Å². The molecule has 1 saturated heterocycles. The topological polar surface area (TPSA) is 50.4 Å². The van der Waals surface area contributed by atoms with E-state index < -0.39 is 0 Å². The molecule has 0 aromatic heterocycles. The van der Waals surface area contributed by atoms with Crippen LogP contribution in [-0.4, -0.2) is 38.3 Å². The van der Waals surface area contributed by atoms with Crippen LogP contribution in [0.1, 0.15) is 51.9 Å². The fourth-order valence-corrected chi connectivity index (χ4v) is 2.18. The van der Waals surface area contributed by atoms with Gasteiger partial charge in [0.1, 0.15) is 0 Å². The maximum atomic E-state index is 11.5. The van der Waals surface area contributed by atoms with Gasteiger partial charge in [-0.25, -0.2) is 0 Å². The van der Waals surface area contributed by atoms with Crippen LogP contribution in [0, 0.1) is 0 Å². The molecule has 0 spiro atoms. The summed E-state index contributed by atoms with van der Waals surface area (Å²) >= 11 is 0. The van der Waals surface area contributed by atoms with E-state index in [1.807, 2.05) is 0 Å². The zero-order valence-electron chi connectivity index (χ0n) is 11.7. The summed E-state index contributed by atoms with van der Waals surface area (Å²) in [4.78, 5) is 11.5. The van der Waals surface area contributed by atoms with Crippen LogP contribution >= 0.6 is 0 Å². The summed E-state index contributed by atoms with van der Waals surface area (Å²) in [7, 11) is 0. The van der Waals surface area contributed by atoms with Gasteiger partial charge in [-0.05, 0) is 32.4 Å². The van der Waals surface area contributed by atoms with Gasteiger partial charge in [0.05, 0.1) is 12.7 Å². The largest absolute Gasteiger partial charge is 0.376 e. The molecule has 0 saturated carbocycles. The molecular formula is C14H28N2O2. The first-order valence-electron chi connectivity index (χ1n) is 7.42. The minimum absolute atomic E-state index is 0.167. The number of carbonyl (C=O) groups is 1. The number of hydrogen-bond donors (Lipinski definition) is 2. The number of carbonyl (C=O) groups excluding carboxylic acids is 1. The van der Waals surface area contributed by atoms with Crippen LogP contribution in [0.25, 0.3) is 0 Å². The highest BCUT2D eigenvalue weighted by atomic mass is 16.5. The Kier molecular flexibility index (Phi) is 8.86. The van der Waals surface area contributed by atoms with Gasteiger partial charge >= 0.3 is 0 Å². The van der Waals surface area contributed by atoms with Crippen LogP contribution < -0.4 is 10.6 Å². The third-order valence-electron chi connectivity index (χ3n) is 3.32. The summed E-state index contributed by atoms with van der Waals surface area (Å²) in [6, 6.07) is 0. The van der Waals surface area contributed by atoms with Crippen molar-refractivity contribution in [1.82, 2.24) is 10.6 Å². The Morgan fingerprint density at radius 3 is 2.78 bits per heavy atom. The fraction of sp³-hybridized carbons (Fsp3) is 0.929. The van der Waals surface area contributed by atoms with Crippen molar-refractivity contribution < 1.29 is 9.53 Å². The maximum absolute atomic E-state index is 11.5. The van der Waals surface area contributed by atoms with Gasteiger partial charge in [-0.15, -0.1) is 0 Å². The first-order chi connectivity index (χ1) is 8.83. The van der Waals surface area contributed by atoms with Crippen molar-refractivity contribution >= 4 is 5.91 Å². The lowest BCUT2D eigenvalue weighted by Gasteiger charge is -2.22. The molecule has 0 atom stereocenters. The summed E-state index contributed by atoms with van der Waals surface area (Å²) < 4.78 is 5.72. The highest BCUT2D eigenvalue weighted by Crippen LogP contribution is 2.06. The second-order valence-electron chi connectivity index (χ2n) is 4.98. The minimum atomic E-state index is 0.167. The number of amides is 1. The van der Waals surface area contributed by atoms with Gasteiger partial charge in [0.25, 0.3) is 0 Å². The molecule has 0 aromatic rings. The van der Waals surface area contributed by atoms with Crippen molar-refractivity contribution in [2.45, 2.75) is 58.0 Å². The number of ether oxygens (including phenoxy) is 1. The Hall–Kier alpha value is -0.610. The predicted octanol–water partition coefficient (Wildman–Crippen LogP) is 1.84. The van der Waals surface area contributed by atoms with E-state index in [1.165, 1.54) is 12.8 Å². The summed E-state index contributed by atoms with van der Waals surface area (Å²) in [6.07, 6.45) is 7.83. The van der Waals surface area contributed by atoms with Crippen molar-refractivity contribution in [3.8, 4) is 0 Å². The van der Waals surface area contributed by atoms with E-state index in [-0.39, 0.29) is 5.91 Å². The average molecular weight is 256 g/mol. The first-order valence-corrected chi connectivity index (χ1v) is 7.42. The Bertz CT molecular complexity index is 216. The first kappa shape index (κ1) is 15.4. The minimum Gasteiger partial charge on any atom is -0.376 e. The molecule has 1 heterocycles. The molecule has 2 N–H and O–H groups in total. The highest BCUT2D eigenvalue weighted by molar-refractivity contribution is 5.75. The van der Waals surface area contributed by atoms with Crippen LogP contribution in [0.4, 0.5) is 0 Å². The molecule has 1 fully saturated rings. The van der Waals surface area contributed by atoms with Gasteiger partial charge in [-0.1, -0.05) is 26.2 Å². The number of piperidine rings is 1. The molecule has 1 rings (SSSR count). The van der Waals surface area contributed by atoms with Gasteiger partial charge in [0.2, 0.25) is 5.91 Å². The lowest BCUT2D eigenvalue weighted by atomic mass is 10.1. The Morgan fingerprint density at radius 1 is 1.28 bits per heavy atom. The van der Waals surface area contributed by atoms with Crippen molar-refractivity contribution in [1.29, 1.82) is 0 Å². The molecule has 106 valence electrons. The van der Waals surface area contributed by atoms with Crippen LogP contribution in [0.3, 0.4) is 0 Å². The van der Waals surface area contributed by atoms with E-state index in [1.54, 1.807) is 0 Å². The van der Waals surface area contributed by atoms with Gasteiger partial charge in [0.15, 0.2) is 0 Å². The molecule has 1 aliphatic heterocycles. The number of unbranched alkanes of at least 4 members (excludes halogenated alkanes) is 3. The van der Waals surface area contributed by atoms with Crippen LogP contribution in [0.2, 0.25) is 0 Å². The Labute approximate surface area is 111 Å². The molecule has 0 unspecified atom stereocenters. The van der Waals surface area contributed by atoms with Gasteiger partial charge in [-0.3, -0.25) is 4.79 Å². The smallest absolute Gasteiger partial charge is 0.220 e.